The molecule has 1 N–H and O–H groups in total. The van der Waals surface area contributed by atoms with Crippen molar-refractivity contribution in [1.29, 1.82) is 0 Å². The van der Waals surface area contributed by atoms with Gasteiger partial charge in [0.25, 0.3) is 0 Å². The summed E-state index contributed by atoms with van der Waals surface area (Å²) in [6, 6.07) is -0.823. The molecular weight excluding hydrogens is 287 g/mol. The fourth-order valence-electron chi connectivity index (χ4n) is 3.72. The number of ketones is 1. The Morgan fingerprint density at radius 3 is 2.52 bits per heavy atom. The van der Waals surface area contributed by atoms with Gasteiger partial charge in [0.05, 0.1) is 18.6 Å². The van der Waals surface area contributed by atoms with Crippen LogP contribution in [-0.4, -0.2) is 60.4 Å². The number of rotatable bonds is 4. The number of halogens is 3. The summed E-state index contributed by atoms with van der Waals surface area (Å²) >= 11 is 0. The molecule has 0 aromatic heterocycles. The lowest BCUT2D eigenvalue weighted by Crippen LogP contribution is -2.75. The molecule has 3 aliphatic rings. The standard InChI is InChI=1S/C14H22F3NO3/c1-12(2,14(15,16)17)10-6-9-4-5-18(10)13(7-19,8-21-3)11(9)20/h9-10,19H,4-8H2,1-3H3. The minimum absolute atomic E-state index is 0.0801. The van der Waals surface area contributed by atoms with Crippen molar-refractivity contribution in [2.75, 3.05) is 26.9 Å². The second kappa shape index (κ2) is 5.21. The number of piperidine rings is 3. The van der Waals surface area contributed by atoms with E-state index < -0.39 is 35.7 Å². The largest absolute Gasteiger partial charge is 0.395 e. The maximum Gasteiger partial charge on any atom is 0.395 e. The molecule has 0 saturated carbocycles. The SMILES string of the molecule is COCC1(CO)C(=O)C2CCN1C(C(C)(C)C(F)(F)F)C2. The van der Waals surface area contributed by atoms with Gasteiger partial charge in [0.1, 0.15) is 5.54 Å². The van der Waals surface area contributed by atoms with Crippen LogP contribution >= 0.6 is 0 Å². The Hall–Kier alpha value is -0.660. The molecule has 0 aromatic rings. The maximum atomic E-state index is 13.4. The highest BCUT2D eigenvalue weighted by atomic mass is 19.4. The Bertz CT molecular complexity index is 424. The van der Waals surface area contributed by atoms with Crippen LogP contribution in [0.1, 0.15) is 26.7 Å². The molecule has 2 bridgehead atoms. The number of aliphatic hydroxyl groups excluding tert-OH is 1. The monoisotopic (exact) mass is 309 g/mol. The van der Waals surface area contributed by atoms with Crippen LogP contribution in [0.15, 0.2) is 0 Å². The van der Waals surface area contributed by atoms with E-state index in [2.05, 4.69) is 0 Å². The first-order valence-corrected chi connectivity index (χ1v) is 7.09. The molecular formula is C14H22F3NO3. The minimum Gasteiger partial charge on any atom is -0.394 e. The van der Waals surface area contributed by atoms with E-state index in [4.69, 9.17) is 4.74 Å². The first kappa shape index (κ1) is 16.7. The number of ether oxygens (including phenoxy) is 1. The van der Waals surface area contributed by atoms with Crippen molar-refractivity contribution in [1.82, 2.24) is 4.90 Å². The highest BCUT2D eigenvalue weighted by Crippen LogP contribution is 2.51. The van der Waals surface area contributed by atoms with Crippen molar-refractivity contribution in [2.45, 2.75) is 44.4 Å². The molecule has 0 radical (unpaired) electrons. The number of Topliss-reactive ketones (excluding diaryl/α,β-unsaturated/α-hetero) is 1. The van der Waals surface area contributed by atoms with Gasteiger partial charge >= 0.3 is 6.18 Å². The van der Waals surface area contributed by atoms with Crippen molar-refractivity contribution in [3.63, 3.8) is 0 Å². The first-order chi connectivity index (χ1) is 9.61. The first-order valence-electron chi connectivity index (χ1n) is 7.09. The van der Waals surface area contributed by atoms with Gasteiger partial charge in [0, 0.05) is 25.6 Å². The Kier molecular flexibility index (Phi) is 4.14. The molecule has 0 aromatic carbocycles. The minimum atomic E-state index is -4.37. The molecule has 0 aliphatic carbocycles. The van der Waals surface area contributed by atoms with Crippen LogP contribution in [0.25, 0.3) is 0 Å². The van der Waals surface area contributed by atoms with Crippen molar-refractivity contribution in [3.8, 4) is 0 Å². The quantitative estimate of drug-likeness (QED) is 0.857. The molecule has 3 fully saturated rings. The zero-order valence-corrected chi connectivity index (χ0v) is 12.5. The zero-order chi connectivity index (χ0) is 16.1. The second-order valence-electron chi connectivity index (χ2n) is 6.64. The number of carbonyl (C=O) groups excluding carboxylic acids is 1. The molecule has 122 valence electrons. The molecule has 3 aliphatic heterocycles. The van der Waals surface area contributed by atoms with Gasteiger partial charge < -0.3 is 9.84 Å². The van der Waals surface area contributed by atoms with E-state index in [0.717, 1.165) is 13.8 Å². The summed E-state index contributed by atoms with van der Waals surface area (Å²) in [4.78, 5) is 14.0. The molecule has 0 spiro atoms. The van der Waals surface area contributed by atoms with Crippen molar-refractivity contribution in [2.24, 2.45) is 11.3 Å². The number of fused-ring (bicyclic) bond motifs is 3. The number of nitrogens with zero attached hydrogens (tertiary/aromatic N) is 1. The van der Waals surface area contributed by atoms with Crippen molar-refractivity contribution >= 4 is 5.78 Å². The van der Waals surface area contributed by atoms with Crippen LogP contribution in [0.3, 0.4) is 0 Å². The van der Waals surface area contributed by atoms with E-state index in [1.807, 2.05) is 0 Å². The van der Waals surface area contributed by atoms with Gasteiger partial charge in [0.2, 0.25) is 0 Å². The summed E-state index contributed by atoms with van der Waals surface area (Å²) in [7, 11) is 1.39. The Balaban J connectivity index is 2.42. The van der Waals surface area contributed by atoms with Crippen LogP contribution in [0.5, 0.6) is 0 Å². The topological polar surface area (TPSA) is 49.8 Å². The number of aliphatic hydroxyl groups is 1. The van der Waals surface area contributed by atoms with Crippen LogP contribution in [0.2, 0.25) is 0 Å². The fraction of sp³-hybridized carbons (Fsp3) is 0.929. The Labute approximate surface area is 122 Å². The molecule has 3 rings (SSSR count). The third-order valence-corrected chi connectivity index (χ3v) is 5.19. The average Bonchev–Trinajstić information content (AvgIpc) is 2.41. The van der Waals surface area contributed by atoms with E-state index in [1.165, 1.54) is 12.0 Å². The summed E-state index contributed by atoms with van der Waals surface area (Å²) in [5, 5.41) is 9.73. The highest BCUT2D eigenvalue weighted by Gasteiger charge is 2.64. The summed E-state index contributed by atoms with van der Waals surface area (Å²) < 4.78 is 45.2. The zero-order valence-electron chi connectivity index (χ0n) is 12.5. The molecule has 7 heteroatoms. The highest BCUT2D eigenvalue weighted by molar-refractivity contribution is 5.92. The third-order valence-electron chi connectivity index (χ3n) is 5.19. The van der Waals surface area contributed by atoms with Crippen LogP contribution in [0, 0.1) is 11.3 Å². The second-order valence-corrected chi connectivity index (χ2v) is 6.64. The van der Waals surface area contributed by atoms with Gasteiger partial charge in [-0.05, 0) is 26.7 Å². The van der Waals surface area contributed by atoms with E-state index >= 15 is 0 Å². The van der Waals surface area contributed by atoms with Crippen LogP contribution in [0.4, 0.5) is 13.2 Å². The normalized spacial score (nSPS) is 37.1. The average molecular weight is 309 g/mol. The lowest BCUT2D eigenvalue weighted by atomic mass is 9.64. The van der Waals surface area contributed by atoms with Gasteiger partial charge in [0.15, 0.2) is 5.78 Å². The predicted molar refractivity (Wildman–Crippen MR) is 69.8 cm³/mol. The summed E-state index contributed by atoms with van der Waals surface area (Å²) in [5.74, 6) is -0.615. The number of hydrogen-bond donors (Lipinski definition) is 1. The summed E-state index contributed by atoms with van der Waals surface area (Å²) in [6.45, 7) is 2.12. The van der Waals surface area contributed by atoms with Crippen molar-refractivity contribution in [3.05, 3.63) is 0 Å². The Morgan fingerprint density at radius 1 is 1.43 bits per heavy atom. The predicted octanol–water partition coefficient (Wildman–Crippen LogP) is 1.62. The van der Waals surface area contributed by atoms with E-state index in [1.54, 1.807) is 0 Å². The molecule has 21 heavy (non-hydrogen) atoms. The molecule has 4 atom stereocenters. The molecule has 4 unspecified atom stereocenters. The lowest BCUT2D eigenvalue weighted by molar-refractivity contribution is -0.253. The van der Waals surface area contributed by atoms with Gasteiger partial charge in [-0.15, -0.1) is 0 Å². The molecule has 4 nitrogen and oxygen atoms in total. The molecule has 3 saturated heterocycles. The number of alkyl halides is 3. The van der Waals surface area contributed by atoms with E-state index in [-0.39, 0.29) is 18.8 Å². The van der Waals surface area contributed by atoms with Gasteiger partial charge in [-0.25, -0.2) is 0 Å². The van der Waals surface area contributed by atoms with Gasteiger partial charge in [-0.2, -0.15) is 13.2 Å². The van der Waals surface area contributed by atoms with Crippen molar-refractivity contribution < 1.29 is 27.8 Å². The lowest BCUT2D eigenvalue weighted by Gasteiger charge is -2.59. The molecule has 0 amide bonds. The maximum absolute atomic E-state index is 13.4. The fourth-order valence-corrected chi connectivity index (χ4v) is 3.72. The number of hydrogen-bond acceptors (Lipinski definition) is 4. The third kappa shape index (κ3) is 2.29. The van der Waals surface area contributed by atoms with E-state index in [9.17, 15) is 23.1 Å². The van der Waals surface area contributed by atoms with Gasteiger partial charge in [-0.3, -0.25) is 9.69 Å². The van der Waals surface area contributed by atoms with E-state index in [0.29, 0.717) is 13.0 Å². The van der Waals surface area contributed by atoms with Gasteiger partial charge in [-0.1, -0.05) is 0 Å². The number of methoxy groups -OCH3 is 1. The number of carbonyl (C=O) groups is 1. The van der Waals surface area contributed by atoms with Crippen LogP contribution < -0.4 is 0 Å². The summed E-state index contributed by atoms with van der Waals surface area (Å²) in [5.41, 5.74) is -3.27. The summed E-state index contributed by atoms with van der Waals surface area (Å²) in [6.07, 6.45) is -3.63. The Morgan fingerprint density at radius 2 is 2.05 bits per heavy atom. The molecule has 3 heterocycles. The van der Waals surface area contributed by atoms with Crippen LogP contribution in [-0.2, 0) is 9.53 Å². The smallest absolute Gasteiger partial charge is 0.394 e.